The molecule has 0 spiro atoms. The first-order valence-electron chi connectivity index (χ1n) is 5.65. The summed E-state index contributed by atoms with van der Waals surface area (Å²) in [6.45, 7) is 0. The lowest BCUT2D eigenvalue weighted by Gasteiger charge is -2.16. The molecule has 21 heavy (non-hydrogen) atoms. The molecule has 0 bridgehead atoms. The third kappa shape index (κ3) is 3.05. The molecule has 0 atom stereocenters. The van der Waals surface area contributed by atoms with Gasteiger partial charge in [0.15, 0.2) is 0 Å². The van der Waals surface area contributed by atoms with Crippen LogP contribution in [0.25, 0.3) is 0 Å². The number of nitrogens with two attached hydrogens (primary N) is 1. The van der Waals surface area contributed by atoms with Gasteiger partial charge in [-0.15, -0.1) is 11.3 Å². The van der Waals surface area contributed by atoms with Crippen LogP contribution in [0.2, 0.25) is 0 Å². The molecule has 0 saturated carbocycles. The van der Waals surface area contributed by atoms with Crippen molar-refractivity contribution >= 4 is 28.8 Å². The molecule has 0 aliphatic rings. The van der Waals surface area contributed by atoms with Crippen molar-refractivity contribution in [1.82, 2.24) is 0 Å². The summed E-state index contributed by atoms with van der Waals surface area (Å²) in [7, 11) is 0. The Morgan fingerprint density at radius 2 is 1.76 bits per heavy atom. The second kappa shape index (κ2) is 5.57. The molecule has 2 aromatic rings. The molecule has 0 aliphatic heterocycles. The van der Waals surface area contributed by atoms with Crippen LogP contribution in [-0.2, 0) is 10.7 Å². The Bertz CT molecular complexity index is 683. The maximum atomic E-state index is 14.0. The number of anilines is 1. The Labute approximate surface area is 121 Å². The van der Waals surface area contributed by atoms with Crippen molar-refractivity contribution < 1.29 is 22.8 Å². The molecule has 110 valence electrons. The van der Waals surface area contributed by atoms with E-state index in [-0.39, 0.29) is 10.6 Å². The van der Waals surface area contributed by atoms with Crippen molar-refractivity contribution in [2.45, 2.75) is 5.92 Å². The van der Waals surface area contributed by atoms with Crippen molar-refractivity contribution in [3.63, 3.8) is 0 Å². The SMILES string of the molecule is NC(=O)c1sccc1NC(=O)C(F)(F)c1ccc(F)cc1. The number of amides is 2. The molecular weight excluding hydrogens is 305 g/mol. The van der Waals surface area contributed by atoms with Gasteiger partial charge in [-0.05, 0) is 35.7 Å². The highest BCUT2D eigenvalue weighted by atomic mass is 32.1. The fraction of sp³-hybridized carbons (Fsp3) is 0.0769. The van der Waals surface area contributed by atoms with Crippen LogP contribution < -0.4 is 11.1 Å². The van der Waals surface area contributed by atoms with Gasteiger partial charge >= 0.3 is 5.92 Å². The van der Waals surface area contributed by atoms with Crippen LogP contribution in [0.5, 0.6) is 0 Å². The van der Waals surface area contributed by atoms with Gasteiger partial charge in [-0.25, -0.2) is 4.39 Å². The number of thiophene rings is 1. The number of hydrogen-bond acceptors (Lipinski definition) is 3. The maximum absolute atomic E-state index is 14.0. The van der Waals surface area contributed by atoms with Gasteiger partial charge in [0.25, 0.3) is 11.8 Å². The molecule has 2 amide bonds. The summed E-state index contributed by atoms with van der Waals surface area (Å²) >= 11 is 0.924. The van der Waals surface area contributed by atoms with E-state index in [1.807, 2.05) is 5.32 Å². The van der Waals surface area contributed by atoms with E-state index in [1.54, 1.807) is 0 Å². The van der Waals surface area contributed by atoms with Gasteiger partial charge < -0.3 is 11.1 Å². The van der Waals surface area contributed by atoms with Crippen LogP contribution >= 0.6 is 11.3 Å². The molecule has 3 N–H and O–H groups in total. The van der Waals surface area contributed by atoms with E-state index in [1.165, 1.54) is 11.4 Å². The highest BCUT2D eigenvalue weighted by Gasteiger charge is 2.41. The van der Waals surface area contributed by atoms with Crippen molar-refractivity contribution in [3.05, 3.63) is 52.0 Å². The number of benzene rings is 1. The smallest absolute Gasteiger partial charge is 0.350 e. The fourth-order valence-electron chi connectivity index (χ4n) is 1.59. The number of hydrogen-bond donors (Lipinski definition) is 2. The minimum Gasteiger partial charge on any atom is -0.365 e. The summed E-state index contributed by atoms with van der Waals surface area (Å²) in [6.07, 6.45) is 0. The van der Waals surface area contributed by atoms with Crippen LogP contribution in [-0.4, -0.2) is 11.8 Å². The number of halogens is 3. The first-order valence-corrected chi connectivity index (χ1v) is 6.53. The van der Waals surface area contributed by atoms with Gasteiger partial charge in [-0.2, -0.15) is 8.78 Å². The fourth-order valence-corrected chi connectivity index (χ4v) is 2.29. The van der Waals surface area contributed by atoms with Crippen LogP contribution in [0.3, 0.4) is 0 Å². The molecular formula is C13H9F3N2O2S. The lowest BCUT2D eigenvalue weighted by atomic mass is 10.1. The van der Waals surface area contributed by atoms with Crippen molar-refractivity contribution in [2.24, 2.45) is 5.73 Å². The first-order chi connectivity index (χ1) is 9.82. The molecule has 1 aromatic carbocycles. The van der Waals surface area contributed by atoms with Gasteiger partial charge in [0.1, 0.15) is 10.7 Å². The monoisotopic (exact) mass is 314 g/mol. The van der Waals surface area contributed by atoms with E-state index in [0.717, 1.165) is 35.6 Å². The predicted octanol–water partition coefficient (Wildman–Crippen LogP) is 2.72. The zero-order valence-electron chi connectivity index (χ0n) is 10.4. The average Bonchev–Trinajstić information content (AvgIpc) is 2.87. The minimum atomic E-state index is -3.87. The highest BCUT2D eigenvalue weighted by Crippen LogP contribution is 2.31. The predicted molar refractivity (Wildman–Crippen MR) is 71.8 cm³/mol. The maximum Gasteiger partial charge on any atom is 0.350 e. The van der Waals surface area contributed by atoms with Crippen molar-refractivity contribution in [3.8, 4) is 0 Å². The summed E-state index contributed by atoms with van der Waals surface area (Å²) in [5.41, 5.74) is 4.32. The van der Waals surface area contributed by atoms with Gasteiger partial charge in [0.05, 0.1) is 5.69 Å². The Kier molecular flexibility index (Phi) is 3.99. The lowest BCUT2D eigenvalue weighted by Crippen LogP contribution is -2.32. The minimum absolute atomic E-state index is 0.0294. The van der Waals surface area contributed by atoms with Crippen LogP contribution in [0, 0.1) is 5.82 Å². The molecule has 0 aliphatic carbocycles. The van der Waals surface area contributed by atoms with Crippen molar-refractivity contribution in [1.29, 1.82) is 0 Å². The van der Waals surface area contributed by atoms with E-state index in [9.17, 15) is 22.8 Å². The van der Waals surface area contributed by atoms with E-state index < -0.39 is 29.1 Å². The van der Waals surface area contributed by atoms with Gasteiger partial charge in [0.2, 0.25) is 0 Å². The third-order valence-corrected chi connectivity index (χ3v) is 3.56. The van der Waals surface area contributed by atoms with Gasteiger partial charge in [-0.1, -0.05) is 0 Å². The summed E-state index contributed by atoms with van der Waals surface area (Å²) in [6, 6.07) is 4.59. The van der Waals surface area contributed by atoms with E-state index in [4.69, 9.17) is 5.73 Å². The molecule has 4 nitrogen and oxygen atoms in total. The Hall–Kier alpha value is -2.35. The lowest BCUT2D eigenvalue weighted by molar-refractivity contribution is -0.140. The topological polar surface area (TPSA) is 72.2 Å². The molecule has 0 fully saturated rings. The summed E-state index contributed by atoms with van der Waals surface area (Å²) in [5, 5.41) is 3.39. The van der Waals surface area contributed by atoms with E-state index in [2.05, 4.69) is 0 Å². The normalized spacial score (nSPS) is 11.2. The van der Waals surface area contributed by atoms with E-state index >= 15 is 0 Å². The zero-order valence-corrected chi connectivity index (χ0v) is 11.2. The highest BCUT2D eigenvalue weighted by molar-refractivity contribution is 7.12. The molecule has 0 saturated heterocycles. The number of rotatable bonds is 4. The second-order valence-electron chi connectivity index (χ2n) is 4.06. The van der Waals surface area contributed by atoms with Crippen LogP contribution in [0.15, 0.2) is 35.7 Å². The summed E-state index contributed by atoms with van der Waals surface area (Å²) in [5.74, 6) is -7.02. The average molecular weight is 314 g/mol. The molecule has 0 radical (unpaired) electrons. The standard InChI is InChI=1S/C13H9F3N2O2S/c14-8-3-1-7(2-4-8)13(15,16)12(20)18-9-5-6-21-10(9)11(17)19/h1-6H,(H2,17,19)(H,18,20). The molecule has 1 aromatic heterocycles. The summed E-state index contributed by atoms with van der Waals surface area (Å²) < 4.78 is 40.6. The van der Waals surface area contributed by atoms with E-state index in [0.29, 0.717) is 0 Å². The molecule has 0 unspecified atom stereocenters. The largest absolute Gasteiger partial charge is 0.365 e. The van der Waals surface area contributed by atoms with Gasteiger partial charge in [-0.3, -0.25) is 9.59 Å². The number of alkyl halides is 2. The molecule has 2 rings (SSSR count). The van der Waals surface area contributed by atoms with Crippen LogP contribution in [0.1, 0.15) is 15.2 Å². The Morgan fingerprint density at radius 1 is 1.14 bits per heavy atom. The quantitative estimate of drug-likeness (QED) is 0.911. The Morgan fingerprint density at radius 3 is 2.33 bits per heavy atom. The first kappa shape index (κ1) is 15.0. The molecule has 1 heterocycles. The third-order valence-electron chi connectivity index (χ3n) is 2.63. The summed E-state index contributed by atoms with van der Waals surface area (Å²) in [4.78, 5) is 22.7. The number of carbonyl (C=O) groups is 2. The Balaban J connectivity index is 2.24. The number of primary amides is 1. The van der Waals surface area contributed by atoms with Crippen LogP contribution in [0.4, 0.5) is 18.9 Å². The molecule has 8 heteroatoms. The second-order valence-corrected chi connectivity index (χ2v) is 4.98. The number of carbonyl (C=O) groups excluding carboxylic acids is 2. The zero-order chi connectivity index (χ0) is 15.6. The van der Waals surface area contributed by atoms with Crippen molar-refractivity contribution in [2.75, 3.05) is 5.32 Å². The van der Waals surface area contributed by atoms with Gasteiger partial charge in [0, 0.05) is 5.56 Å². The number of nitrogens with one attached hydrogen (secondary N) is 1.